The third-order valence-electron chi connectivity index (χ3n) is 4.14. The van der Waals surface area contributed by atoms with Crippen LogP contribution in [0.2, 0.25) is 0 Å². The Hall–Kier alpha value is -1.41. The van der Waals surface area contributed by atoms with Gasteiger partial charge in [0.15, 0.2) is 0 Å². The van der Waals surface area contributed by atoms with Gasteiger partial charge in [-0.3, -0.25) is 9.48 Å². The van der Waals surface area contributed by atoms with Crippen LogP contribution in [-0.4, -0.2) is 50.6 Å². The number of aryl methyl sites for hydroxylation is 1. The molecule has 1 aliphatic rings. The van der Waals surface area contributed by atoms with E-state index in [-0.39, 0.29) is 19.0 Å². The van der Waals surface area contributed by atoms with Gasteiger partial charge in [0.25, 0.3) is 0 Å². The minimum atomic E-state index is -3.93. The number of aromatic nitrogens is 2. The Morgan fingerprint density at radius 1 is 1.43 bits per heavy atom. The highest BCUT2D eigenvalue weighted by Gasteiger charge is 2.59. The molecule has 0 spiro atoms. The lowest BCUT2D eigenvalue weighted by Gasteiger charge is -2.41. The van der Waals surface area contributed by atoms with Crippen LogP contribution in [-0.2, 0) is 11.8 Å². The summed E-state index contributed by atoms with van der Waals surface area (Å²) in [6.07, 6.45) is 2.49. The van der Waals surface area contributed by atoms with Crippen molar-refractivity contribution in [1.82, 2.24) is 14.7 Å². The van der Waals surface area contributed by atoms with Crippen LogP contribution >= 0.6 is 0 Å². The zero-order chi connectivity index (χ0) is 15.8. The summed E-state index contributed by atoms with van der Waals surface area (Å²) in [7, 11) is 1.78. The first-order valence-electron chi connectivity index (χ1n) is 6.71. The number of carbonyl (C=O) groups excluding carboxylic acids is 1. The first-order valence-corrected chi connectivity index (χ1v) is 6.71. The van der Waals surface area contributed by atoms with Crippen LogP contribution in [0.15, 0.2) is 12.3 Å². The van der Waals surface area contributed by atoms with Crippen molar-refractivity contribution in [2.24, 2.45) is 7.05 Å². The SMILES string of the molecule is Cn1nccc1C1CCN(C(F)(F)C(C)(O)C(=O)F)CC1. The zero-order valence-corrected chi connectivity index (χ0v) is 11.9. The van der Waals surface area contributed by atoms with Crippen LogP contribution in [0.1, 0.15) is 31.4 Å². The fourth-order valence-electron chi connectivity index (χ4n) is 2.67. The van der Waals surface area contributed by atoms with Crippen LogP contribution in [0.3, 0.4) is 0 Å². The van der Waals surface area contributed by atoms with Crippen molar-refractivity contribution < 1.29 is 23.1 Å². The number of likely N-dealkylation sites (tertiary alicyclic amines) is 1. The molecule has 5 nitrogen and oxygen atoms in total. The third-order valence-corrected chi connectivity index (χ3v) is 4.14. The van der Waals surface area contributed by atoms with Crippen LogP contribution in [0.5, 0.6) is 0 Å². The lowest BCUT2D eigenvalue weighted by atomic mass is 9.91. The van der Waals surface area contributed by atoms with E-state index in [2.05, 4.69) is 5.10 Å². The van der Waals surface area contributed by atoms with E-state index in [1.54, 1.807) is 17.9 Å². The lowest BCUT2D eigenvalue weighted by Crippen LogP contribution is -2.61. The van der Waals surface area contributed by atoms with Crippen molar-refractivity contribution in [3.8, 4) is 0 Å². The van der Waals surface area contributed by atoms with E-state index in [0.29, 0.717) is 24.7 Å². The van der Waals surface area contributed by atoms with Gasteiger partial charge in [-0.1, -0.05) is 0 Å². The molecule has 21 heavy (non-hydrogen) atoms. The summed E-state index contributed by atoms with van der Waals surface area (Å²) in [5.41, 5.74) is -2.38. The molecular weight excluding hydrogens is 287 g/mol. The average Bonchev–Trinajstić information content (AvgIpc) is 2.84. The fraction of sp³-hybridized carbons (Fsp3) is 0.692. The molecule has 1 fully saturated rings. The van der Waals surface area contributed by atoms with Crippen LogP contribution in [0.4, 0.5) is 13.2 Å². The summed E-state index contributed by atoms with van der Waals surface area (Å²) in [6, 6.07) is -4.53. The van der Waals surface area contributed by atoms with Gasteiger partial charge in [0.2, 0.25) is 5.60 Å². The Morgan fingerprint density at radius 3 is 2.43 bits per heavy atom. The summed E-state index contributed by atoms with van der Waals surface area (Å²) in [5.74, 6) is 0.0792. The third kappa shape index (κ3) is 2.69. The maximum atomic E-state index is 14.1. The number of halogens is 3. The molecular formula is C13H18F3N3O2. The molecule has 0 amide bonds. The summed E-state index contributed by atoms with van der Waals surface area (Å²) < 4.78 is 42.5. The Morgan fingerprint density at radius 2 is 2.00 bits per heavy atom. The number of hydrogen-bond acceptors (Lipinski definition) is 4. The summed E-state index contributed by atoms with van der Waals surface area (Å²) in [5, 5.41) is 13.5. The van der Waals surface area contributed by atoms with Gasteiger partial charge in [0, 0.05) is 37.9 Å². The molecule has 0 radical (unpaired) electrons. The first kappa shape index (κ1) is 16.0. The van der Waals surface area contributed by atoms with Crippen LogP contribution < -0.4 is 0 Å². The maximum Gasteiger partial charge on any atom is 0.343 e. The molecule has 0 aliphatic carbocycles. The van der Waals surface area contributed by atoms with Crippen molar-refractivity contribution in [2.45, 2.75) is 37.3 Å². The minimum absolute atomic E-state index is 0.0354. The normalized spacial score (nSPS) is 21.2. The van der Waals surface area contributed by atoms with Crippen molar-refractivity contribution in [2.75, 3.05) is 13.1 Å². The summed E-state index contributed by atoms with van der Waals surface area (Å²) in [4.78, 5) is 11.3. The molecule has 0 saturated carbocycles. The molecule has 1 aromatic heterocycles. The highest BCUT2D eigenvalue weighted by Crippen LogP contribution is 2.38. The van der Waals surface area contributed by atoms with E-state index in [9.17, 15) is 23.1 Å². The lowest BCUT2D eigenvalue weighted by molar-refractivity contribution is -0.258. The van der Waals surface area contributed by atoms with E-state index < -0.39 is 17.7 Å². The second-order valence-electron chi connectivity index (χ2n) is 5.53. The van der Waals surface area contributed by atoms with E-state index in [1.807, 2.05) is 6.07 Å². The second kappa shape index (κ2) is 5.42. The predicted octanol–water partition coefficient (Wildman–Crippen LogP) is 1.44. The smallest absolute Gasteiger partial charge is 0.343 e. The molecule has 1 atom stereocenters. The standard InChI is InChI=1S/C13H18F3N3O2/c1-12(21,11(14)20)13(15,16)19-7-4-9(5-8-19)10-3-6-17-18(10)2/h3,6,9,21H,4-5,7-8H2,1-2H3. The van der Waals surface area contributed by atoms with Crippen LogP contribution in [0.25, 0.3) is 0 Å². The van der Waals surface area contributed by atoms with Gasteiger partial charge < -0.3 is 5.11 Å². The number of aliphatic hydroxyl groups is 1. The Balaban J connectivity index is 2.07. The van der Waals surface area contributed by atoms with Gasteiger partial charge in [-0.05, 0) is 25.8 Å². The predicted molar refractivity (Wildman–Crippen MR) is 68.4 cm³/mol. The van der Waals surface area contributed by atoms with Crippen LogP contribution in [0, 0.1) is 0 Å². The maximum absolute atomic E-state index is 14.1. The summed E-state index contributed by atoms with van der Waals surface area (Å²) in [6.45, 7) is 0.432. The van der Waals surface area contributed by atoms with E-state index in [4.69, 9.17) is 0 Å². The molecule has 8 heteroatoms. The highest BCUT2D eigenvalue weighted by atomic mass is 19.3. The summed E-state index contributed by atoms with van der Waals surface area (Å²) >= 11 is 0. The van der Waals surface area contributed by atoms with E-state index >= 15 is 0 Å². The molecule has 1 saturated heterocycles. The van der Waals surface area contributed by atoms with Gasteiger partial charge in [-0.2, -0.15) is 18.3 Å². The largest absolute Gasteiger partial charge is 0.373 e. The number of carbonyl (C=O) groups is 1. The first-order chi connectivity index (χ1) is 9.68. The Bertz CT molecular complexity index is 522. The number of nitrogens with zero attached hydrogens (tertiary/aromatic N) is 3. The van der Waals surface area contributed by atoms with E-state index in [1.165, 1.54) is 0 Å². The average molecular weight is 305 g/mol. The molecule has 2 heterocycles. The highest BCUT2D eigenvalue weighted by molar-refractivity contribution is 5.78. The minimum Gasteiger partial charge on any atom is -0.373 e. The number of rotatable bonds is 4. The van der Waals surface area contributed by atoms with Gasteiger partial charge in [-0.25, -0.2) is 4.90 Å². The molecule has 118 valence electrons. The van der Waals surface area contributed by atoms with E-state index in [0.717, 1.165) is 5.69 Å². The van der Waals surface area contributed by atoms with Crippen molar-refractivity contribution >= 4 is 6.04 Å². The molecule has 1 aliphatic heterocycles. The molecule has 1 N–H and O–H groups in total. The monoisotopic (exact) mass is 305 g/mol. The quantitative estimate of drug-likeness (QED) is 0.675. The van der Waals surface area contributed by atoms with Gasteiger partial charge >= 0.3 is 12.1 Å². The van der Waals surface area contributed by atoms with Gasteiger partial charge in [0.05, 0.1) is 0 Å². The molecule has 0 bridgehead atoms. The second-order valence-corrected chi connectivity index (χ2v) is 5.53. The Kier molecular flexibility index (Phi) is 4.12. The van der Waals surface area contributed by atoms with Crippen molar-refractivity contribution in [1.29, 1.82) is 0 Å². The van der Waals surface area contributed by atoms with Crippen molar-refractivity contribution in [3.05, 3.63) is 18.0 Å². The number of alkyl halides is 2. The zero-order valence-electron chi connectivity index (χ0n) is 11.9. The molecule has 0 aromatic carbocycles. The molecule has 2 rings (SSSR count). The van der Waals surface area contributed by atoms with Gasteiger partial charge in [-0.15, -0.1) is 0 Å². The van der Waals surface area contributed by atoms with Crippen molar-refractivity contribution in [3.63, 3.8) is 0 Å². The number of hydrogen-bond donors (Lipinski definition) is 1. The fourth-order valence-corrected chi connectivity index (χ4v) is 2.67. The topological polar surface area (TPSA) is 58.4 Å². The number of piperidine rings is 1. The Labute approximate surface area is 120 Å². The molecule has 1 aromatic rings. The molecule has 1 unspecified atom stereocenters. The van der Waals surface area contributed by atoms with Gasteiger partial charge in [0.1, 0.15) is 0 Å².